The molecule has 2 heterocycles. The molecule has 2 aromatic rings. The summed E-state index contributed by atoms with van der Waals surface area (Å²) in [6, 6.07) is 2.14. The van der Waals surface area contributed by atoms with Gasteiger partial charge < -0.3 is 15.2 Å². The molecule has 3 rings (SSSR count). The summed E-state index contributed by atoms with van der Waals surface area (Å²) in [5, 5.41) is 11.1. The highest BCUT2D eigenvalue weighted by Crippen LogP contribution is 2.40. The van der Waals surface area contributed by atoms with E-state index in [0.29, 0.717) is 23.7 Å². The monoisotopic (exact) mass is 344 g/mol. The highest BCUT2D eigenvalue weighted by Gasteiger charge is 2.29. The zero-order chi connectivity index (χ0) is 18.2. The van der Waals surface area contributed by atoms with E-state index in [-0.39, 0.29) is 17.4 Å². The Labute approximate surface area is 148 Å². The van der Waals surface area contributed by atoms with Gasteiger partial charge in [-0.1, -0.05) is 25.9 Å². The first-order valence-electron chi connectivity index (χ1n) is 9.03. The number of fused-ring (bicyclic) bond motifs is 1. The van der Waals surface area contributed by atoms with Crippen LogP contribution in [0.25, 0.3) is 11.1 Å². The van der Waals surface area contributed by atoms with Crippen molar-refractivity contribution in [1.82, 2.24) is 20.8 Å². The molecule has 2 aromatic heterocycles. The van der Waals surface area contributed by atoms with Crippen molar-refractivity contribution >= 4 is 17.0 Å². The number of hydrogen-bond donors (Lipinski definition) is 2. The lowest BCUT2D eigenvalue weighted by Gasteiger charge is -2.16. The van der Waals surface area contributed by atoms with Crippen molar-refractivity contribution in [2.45, 2.75) is 58.9 Å². The van der Waals surface area contributed by atoms with Crippen LogP contribution in [-0.4, -0.2) is 35.7 Å². The third kappa shape index (κ3) is 4.18. The van der Waals surface area contributed by atoms with Crippen molar-refractivity contribution in [2.75, 3.05) is 13.6 Å². The van der Waals surface area contributed by atoms with Crippen LogP contribution >= 0.6 is 0 Å². The zero-order valence-electron chi connectivity index (χ0n) is 15.8. The zero-order valence-corrected chi connectivity index (χ0v) is 15.8. The minimum Gasteiger partial charge on any atom is -0.350 e. The molecule has 0 spiro atoms. The van der Waals surface area contributed by atoms with Gasteiger partial charge in [0, 0.05) is 24.2 Å². The Morgan fingerprint density at radius 3 is 2.72 bits per heavy atom. The highest BCUT2D eigenvalue weighted by atomic mass is 16.5. The van der Waals surface area contributed by atoms with Gasteiger partial charge >= 0.3 is 0 Å². The van der Waals surface area contributed by atoms with Crippen molar-refractivity contribution in [3.8, 4) is 0 Å². The summed E-state index contributed by atoms with van der Waals surface area (Å²) in [5.41, 5.74) is 2.92. The number of pyridine rings is 1. The Morgan fingerprint density at radius 2 is 2.12 bits per heavy atom. The van der Waals surface area contributed by atoms with E-state index in [9.17, 15) is 4.79 Å². The van der Waals surface area contributed by atoms with Crippen LogP contribution in [0.3, 0.4) is 0 Å². The van der Waals surface area contributed by atoms with E-state index < -0.39 is 0 Å². The summed E-state index contributed by atoms with van der Waals surface area (Å²) in [4.78, 5) is 17.5. The number of hydrogen-bond acceptors (Lipinski definition) is 5. The van der Waals surface area contributed by atoms with Gasteiger partial charge in [0.05, 0.1) is 16.6 Å². The van der Waals surface area contributed by atoms with Gasteiger partial charge in [-0.25, -0.2) is 4.98 Å². The summed E-state index contributed by atoms with van der Waals surface area (Å²) >= 11 is 0. The molecule has 0 aromatic carbocycles. The lowest BCUT2D eigenvalue weighted by Crippen LogP contribution is -2.37. The number of aromatic nitrogens is 2. The molecule has 0 bridgehead atoms. The SMILES string of the molecule is CNC(C)CNC(=O)c1cc(C2CC2)nc2onc(CC(C)(C)C)c12. The van der Waals surface area contributed by atoms with Crippen LogP contribution < -0.4 is 10.6 Å². The molecular formula is C19H28N4O2. The van der Waals surface area contributed by atoms with Crippen molar-refractivity contribution in [3.63, 3.8) is 0 Å². The van der Waals surface area contributed by atoms with Crippen LogP contribution in [-0.2, 0) is 6.42 Å². The second-order valence-electron chi connectivity index (χ2n) is 8.32. The maximum absolute atomic E-state index is 12.9. The molecule has 1 amide bonds. The lowest BCUT2D eigenvalue weighted by atomic mass is 9.89. The number of nitrogens with one attached hydrogen (secondary N) is 2. The van der Waals surface area contributed by atoms with E-state index >= 15 is 0 Å². The summed E-state index contributed by atoms with van der Waals surface area (Å²) in [7, 11) is 1.88. The minimum atomic E-state index is -0.0882. The van der Waals surface area contributed by atoms with E-state index in [1.54, 1.807) is 0 Å². The number of nitrogens with zero attached hydrogens (tertiary/aromatic N) is 2. The summed E-state index contributed by atoms with van der Waals surface area (Å²) in [6.07, 6.45) is 2.98. The van der Waals surface area contributed by atoms with Crippen molar-refractivity contribution in [3.05, 3.63) is 23.0 Å². The average Bonchev–Trinajstić information content (AvgIpc) is 3.33. The molecule has 6 heteroatoms. The first-order chi connectivity index (χ1) is 11.8. The molecule has 1 atom stereocenters. The van der Waals surface area contributed by atoms with Gasteiger partial charge in [-0.05, 0) is 44.7 Å². The summed E-state index contributed by atoms with van der Waals surface area (Å²) in [6.45, 7) is 9.04. The Bertz CT molecular complexity index is 772. The van der Waals surface area contributed by atoms with Crippen LogP contribution in [0.15, 0.2) is 10.6 Å². The standard InChI is InChI=1S/C19H28N4O2/c1-11(20-5)10-21-17(24)13-8-14(12-6-7-12)22-18-16(13)15(23-25-18)9-19(2,3)4/h8,11-12,20H,6-7,9-10H2,1-5H3,(H,21,24). The summed E-state index contributed by atoms with van der Waals surface area (Å²) < 4.78 is 5.50. The first-order valence-corrected chi connectivity index (χ1v) is 9.03. The van der Waals surface area contributed by atoms with Gasteiger partial charge in [0.25, 0.3) is 11.6 Å². The Morgan fingerprint density at radius 1 is 1.40 bits per heavy atom. The molecule has 1 aliphatic carbocycles. The predicted octanol–water partition coefficient (Wildman–Crippen LogP) is 3.03. The first kappa shape index (κ1) is 17.9. The van der Waals surface area contributed by atoms with E-state index in [1.807, 2.05) is 20.0 Å². The van der Waals surface area contributed by atoms with Gasteiger partial charge in [-0.2, -0.15) is 0 Å². The van der Waals surface area contributed by atoms with Crippen molar-refractivity contribution < 1.29 is 9.32 Å². The van der Waals surface area contributed by atoms with Gasteiger partial charge in [0.15, 0.2) is 0 Å². The van der Waals surface area contributed by atoms with Crippen LogP contribution in [0.1, 0.15) is 68.2 Å². The quantitative estimate of drug-likeness (QED) is 0.842. The number of likely N-dealkylation sites (N-methyl/N-ethyl adjacent to an activating group) is 1. The van der Waals surface area contributed by atoms with E-state index in [1.165, 1.54) is 0 Å². The number of rotatable bonds is 6. The van der Waals surface area contributed by atoms with E-state index in [4.69, 9.17) is 4.52 Å². The predicted molar refractivity (Wildman–Crippen MR) is 97.8 cm³/mol. The topological polar surface area (TPSA) is 80.0 Å². The molecule has 1 fully saturated rings. The maximum Gasteiger partial charge on any atom is 0.259 e. The fraction of sp³-hybridized carbons (Fsp3) is 0.632. The molecule has 0 radical (unpaired) electrons. The van der Waals surface area contributed by atoms with Crippen LogP contribution in [0.2, 0.25) is 0 Å². The second-order valence-corrected chi connectivity index (χ2v) is 8.32. The van der Waals surface area contributed by atoms with E-state index in [0.717, 1.165) is 36.0 Å². The minimum absolute atomic E-state index is 0.0490. The Balaban J connectivity index is 2.00. The third-order valence-electron chi connectivity index (χ3n) is 4.54. The van der Waals surface area contributed by atoms with Gasteiger partial charge in [-0.15, -0.1) is 0 Å². The number of carbonyl (C=O) groups is 1. The highest BCUT2D eigenvalue weighted by molar-refractivity contribution is 6.06. The number of carbonyl (C=O) groups excluding carboxylic acids is 1. The molecule has 136 valence electrons. The fourth-order valence-electron chi connectivity index (χ4n) is 2.86. The molecule has 6 nitrogen and oxygen atoms in total. The molecule has 1 saturated carbocycles. The fourth-order valence-corrected chi connectivity index (χ4v) is 2.86. The number of amides is 1. The van der Waals surface area contributed by atoms with Crippen molar-refractivity contribution in [1.29, 1.82) is 0 Å². The Hall–Kier alpha value is -1.95. The molecule has 0 aliphatic heterocycles. The molecule has 1 unspecified atom stereocenters. The lowest BCUT2D eigenvalue weighted by molar-refractivity contribution is 0.0952. The van der Waals surface area contributed by atoms with Crippen molar-refractivity contribution in [2.24, 2.45) is 5.41 Å². The van der Waals surface area contributed by atoms with Gasteiger partial charge in [-0.3, -0.25) is 4.79 Å². The normalized spacial score (nSPS) is 16.2. The van der Waals surface area contributed by atoms with Crippen LogP contribution in [0.4, 0.5) is 0 Å². The van der Waals surface area contributed by atoms with Crippen LogP contribution in [0.5, 0.6) is 0 Å². The largest absolute Gasteiger partial charge is 0.350 e. The molecule has 1 aliphatic rings. The summed E-state index contributed by atoms with van der Waals surface area (Å²) in [5.74, 6) is 0.359. The molecule has 25 heavy (non-hydrogen) atoms. The second kappa shape index (κ2) is 6.75. The maximum atomic E-state index is 12.9. The van der Waals surface area contributed by atoms with Gasteiger partial charge in [0.2, 0.25) is 0 Å². The molecule has 0 saturated heterocycles. The van der Waals surface area contributed by atoms with E-state index in [2.05, 4.69) is 41.5 Å². The smallest absolute Gasteiger partial charge is 0.259 e. The van der Waals surface area contributed by atoms with Gasteiger partial charge in [0.1, 0.15) is 0 Å². The third-order valence-corrected chi connectivity index (χ3v) is 4.54. The van der Waals surface area contributed by atoms with Crippen LogP contribution in [0, 0.1) is 5.41 Å². The molecule has 2 N–H and O–H groups in total. The average molecular weight is 344 g/mol. The molecular weight excluding hydrogens is 316 g/mol. The Kier molecular flexibility index (Phi) is 4.82.